The van der Waals surface area contributed by atoms with Gasteiger partial charge in [0.05, 0.1) is 16.4 Å². The highest BCUT2D eigenvalue weighted by molar-refractivity contribution is 9.10. The second kappa shape index (κ2) is 8.29. The number of carboxylic acid groups (broad SMARTS) is 1. The van der Waals surface area contributed by atoms with Crippen LogP contribution in [0.15, 0.2) is 27.6 Å². The van der Waals surface area contributed by atoms with E-state index in [1.54, 1.807) is 6.07 Å². The highest BCUT2D eigenvalue weighted by atomic mass is 79.9. The Labute approximate surface area is 134 Å². The van der Waals surface area contributed by atoms with Gasteiger partial charge >= 0.3 is 5.97 Å². The molecule has 5 nitrogen and oxygen atoms in total. The predicted molar refractivity (Wildman–Crippen MR) is 84.9 cm³/mol. The molecule has 0 bridgehead atoms. The molecule has 0 saturated heterocycles. The normalized spacial score (nSPS) is 13.5. The van der Waals surface area contributed by atoms with Gasteiger partial charge in [-0.25, -0.2) is 4.79 Å². The fraction of sp³-hybridized carbons (Fsp3) is 0.429. The van der Waals surface area contributed by atoms with Crippen LogP contribution in [-0.2, 0) is 15.6 Å². The first-order valence-electron chi connectivity index (χ1n) is 6.55. The molecule has 0 heterocycles. The SMILES string of the molecule is CCCC(C)NC(=O)CS(=O)c1ccc(Br)c(C(=O)O)c1. The molecule has 2 atom stereocenters. The number of halogens is 1. The van der Waals surface area contributed by atoms with E-state index in [9.17, 15) is 13.8 Å². The van der Waals surface area contributed by atoms with Crippen LogP contribution >= 0.6 is 15.9 Å². The summed E-state index contributed by atoms with van der Waals surface area (Å²) in [6, 6.07) is 4.44. The third kappa shape index (κ3) is 5.59. The molecule has 0 aliphatic heterocycles. The summed E-state index contributed by atoms with van der Waals surface area (Å²) in [6.07, 6.45) is 1.82. The molecule has 2 N–H and O–H groups in total. The highest BCUT2D eigenvalue weighted by Crippen LogP contribution is 2.20. The zero-order valence-corrected chi connectivity index (χ0v) is 14.3. The van der Waals surface area contributed by atoms with Crippen LogP contribution in [0.4, 0.5) is 0 Å². The zero-order chi connectivity index (χ0) is 16.0. The molecule has 2 unspecified atom stereocenters. The lowest BCUT2D eigenvalue weighted by atomic mass is 10.2. The lowest BCUT2D eigenvalue weighted by Gasteiger charge is -2.12. The molecule has 0 fully saturated rings. The Morgan fingerprint density at radius 1 is 1.43 bits per heavy atom. The summed E-state index contributed by atoms with van der Waals surface area (Å²) < 4.78 is 12.5. The van der Waals surface area contributed by atoms with E-state index < -0.39 is 16.8 Å². The minimum atomic E-state index is -1.57. The van der Waals surface area contributed by atoms with Crippen molar-refractivity contribution in [3.63, 3.8) is 0 Å². The fourth-order valence-corrected chi connectivity index (χ4v) is 3.21. The number of rotatable bonds is 7. The average molecular weight is 376 g/mol. The van der Waals surface area contributed by atoms with Crippen LogP contribution in [0.5, 0.6) is 0 Å². The highest BCUT2D eigenvalue weighted by Gasteiger charge is 2.15. The summed E-state index contributed by atoms with van der Waals surface area (Å²) in [5, 5.41) is 11.8. The molecule has 1 rings (SSSR count). The Hall–Kier alpha value is -1.21. The van der Waals surface area contributed by atoms with Crippen molar-refractivity contribution < 1.29 is 18.9 Å². The number of hydrogen-bond donors (Lipinski definition) is 2. The van der Waals surface area contributed by atoms with Gasteiger partial charge in [-0.2, -0.15) is 0 Å². The maximum absolute atomic E-state index is 12.1. The first-order chi connectivity index (χ1) is 9.85. The quantitative estimate of drug-likeness (QED) is 0.766. The lowest BCUT2D eigenvalue weighted by Crippen LogP contribution is -2.35. The monoisotopic (exact) mass is 375 g/mol. The van der Waals surface area contributed by atoms with Crippen molar-refractivity contribution in [2.45, 2.75) is 37.6 Å². The van der Waals surface area contributed by atoms with E-state index in [4.69, 9.17) is 5.11 Å². The van der Waals surface area contributed by atoms with Gasteiger partial charge in [-0.15, -0.1) is 0 Å². The van der Waals surface area contributed by atoms with Gasteiger partial charge in [0, 0.05) is 15.4 Å². The summed E-state index contributed by atoms with van der Waals surface area (Å²) in [7, 11) is -1.57. The molecule has 0 aliphatic carbocycles. The summed E-state index contributed by atoms with van der Waals surface area (Å²) in [5.74, 6) is -1.58. The summed E-state index contributed by atoms with van der Waals surface area (Å²) >= 11 is 3.12. The van der Waals surface area contributed by atoms with Gasteiger partial charge in [0.25, 0.3) is 0 Å². The summed E-state index contributed by atoms with van der Waals surface area (Å²) in [5.41, 5.74) is 0.0283. The van der Waals surface area contributed by atoms with Crippen molar-refractivity contribution >= 4 is 38.6 Å². The second-order valence-corrected chi connectivity index (χ2v) is 7.00. The van der Waals surface area contributed by atoms with E-state index in [0.29, 0.717) is 9.37 Å². The molecule has 116 valence electrons. The standard InChI is InChI=1S/C14H18BrNO4S/c1-3-4-9(2)16-13(17)8-21(20)10-5-6-12(15)11(7-10)14(18)19/h5-7,9H,3-4,8H2,1-2H3,(H,16,17)(H,18,19). The van der Waals surface area contributed by atoms with Crippen molar-refractivity contribution in [2.24, 2.45) is 0 Å². The number of hydrogen-bond acceptors (Lipinski definition) is 3. The molecule has 0 aromatic heterocycles. The first kappa shape index (κ1) is 17.8. The van der Waals surface area contributed by atoms with Gasteiger partial charge in [-0.05, 0) is 47.5 Å². The Morgan fingerprint density at radius 3 is 2.67 bits per heavy atom. The zero-order valence-electron chi connectivity index (χ0n) is 11.9. The number of benzene rings is 1. The van der Waals surface area contributed by atoms with Crippen molar-refractivity contribution in [1.29, 1.82) is 0 Å². The van der Waals surface area contributed by atoms with Crippen LogP contribution in [0.25, 0.3) is 0 Å². The Morgan fingerprint density at radius 2 is 2.10 bits per heavy atom. The molecule has 7 heteroatoms. The van der Waals surface area contributed by atoms with Gasteiger partial charge in [0.15, 0.2) is 0 Å². The summed E-state index contributed by atoms with van der Waals surface area (Å²) in [4.78, 5) is 23.1. The molecular weight excluding hydrogens is 358 g/mol. The molecule has 0 spiro atoms. The van der Waals surface area contributed by atoms with Crippen LogP contribution in [0.2, 0.25) is 0 Å². The van der Waals surface area contributed by atoms with Gasteiger partial charge in [-0.3, -0.25) is 9.00 Å². The molecule has 21 heavy (non-hydrogen) atoms. The van der Waals surface area contributed by atoms with Crippen LogP contribution in [0, 0.1) is 0 Å². The third-order valence-corrected chi connectivity index (χ3v) is 4.82. The lowest BCUT2D eigenvalue weighted by molar-refractivity contribution is -0.119. The third-order valence-electron chi connectivity index (χ3n) is 2.82. The molecule has 1 aromatic rings. The van der Waals surface area contributed by atoms with Crippen molar-refractivity contribution in [2.75, 3.05) is 5.75 Å². The minimum Gasteiger partial charge on any atom is -0.478 e. The van der Waals surface area contributed by atoms with E-state index >= 15 is 0 Å². The number of carboxylic acids is 1. The van der Waals surface area contributed by atoms with Crippen LogP contribution in [0.3, 0.4) is 0 Å². The van der Waals surface area contributed by atoms with Gasteiger partial charge in [-0.1, -0.05) is 13.3 Å². The predicted octanol–water partition coefficient (Wildman–Crippen LogP) is 2.56. The van der Waals surface area contributed by atoms with Crippen LogP contribution in [0.1, 0.15) is 37.0 Å². The number of nitrogens with one attached hydrogen (secondary N) is 1. The Bertz CT molecular complexity index is 562. The van der Waals surface area contributed by atoms with Gasteiger partial charge in [0.2, 0.25) is 5.91 Å². The Kier molecular flexibility index (Phi) is 7.04. The van der Waals surface area contributed by atoms with Crippen molar-refractivity contribution in [3.05, 3.63) is 28.2 Å². The number of carbonyl (C=O) groups excluding carboxylic acids is 1. The fourth-order valence-electron chi connectivity index (χ4n) is 1.83. The average Bonchev–Trinajstić information content (AvgIpc) is 2.38. The molecule has 0 saturated carbocycles. The largest absolute Gasteiger partial charge is 0.478 e. The Balaban J connectivity index is 2.74. The number of aromatic carboxylic acids is 1. The van der Waals surface area contributed by atoms with Gasteiger partial charge in [0.1, 0.15) is 5.75 Å². The maximum atomic E-state index is 12.1. The van der Waals surface area contributed by atoms with E-state index in [2.05, 4.69) is 21.2 Å². The van der Waals surface area contributed by atoms with E-state index in [-0.39, 0.29) is 23.3 Å². The minimum absolute atomic E-state index is 0.0283. The first-order valence-corrected chi connectivity index (χ1v) is 8.67. The van der Waals surface area contributed by atoms with E-state index in [1.807, 2.05) is 13.8 Å². The molecule has 1 amide bonds. The molecule has 1 aromatic carbocycles. The van der Waals surface area contributed by atoms with Gasteiger partial charge < -0.3 is 10.4 Å². The van der Waals surface area contributed by atoms with Crippen LogP contribution in [-0.4, -0.2) is 33.0 Å². The van der Waals surface area contributed by atoms with Crippen LogP contribution < -0.4 is 5.32 Å². The summed E-state index contributed by atoms with van der Waals surface area (Å²) in [6.45, 7) is 3.92. The van der Waals surface area contributed by atoms with Crippen molar-refractivity contribution in [3.8, 4) is 0 Å². The number of carbonyl (C=O) groups is 2. The number of amides is 1. The molecular formula is C14H18BrNO4S. The van der Waals surface area contributed by atoms with E-state index in [1.165, 1.54) is 12.1 Å². The topological polar surface area (TPSA) is 83.5 Å². The molecule has 0 aliphatic rings. The smallest absolute Gasteiger partial charge is 0.336 e. The second-order valence-electron chi connectivity index (χ2n) is 4.69. The van der Waals surface area contributed by atoms with Crippen molar-refractivity contribution in [1.82, 2.24) is 5.32 Å². The molecule has 0 radical (unpaired) electrons. The van der Waals surface area contributed by atoms with E-state index in [0.717, 1.165) is 12.8 Å². The maximum Gasteiger partial charge on any atom is 0.336 e.